The van der Waals surface area contributed by atoms with Gasteiger partial charge in [0.05, 0.1) is 17.0 Å². The van der Waals surface area contributed by atoms with E-state index < -0.39 is 5.92 Å². The average Bonchev–Trinajstić information content (AvgIpc) is 2.71. The van der Waals surface area contributed by atoms with E-state index in [1.165, 1.54) is 0 Å². The van der Waals surface area contributed by atoms with Crippen molar-refractivity contribution in [3.05, 3.63) is 87.0 Å². The Morgan fingerprint density at radius 3 is 2.74 bits per heavy atom. The Morgan fingerprint density at radius 2 is 1.96 bits per heavy atom. The predicted molar refractivity (Wildman–Crippen MR) is 102 cm³/mol. The molecule has 0 aliphatic carbocycles. The van der Waals surface area contributed by atoms with Gasteiger partial charge in [0.15, 0.2) is 0 Å². The lowest BCUT2D eigenvalue weighted by molar-refractivity contribution is 0.394. The first-order chi connectivity index (χ1) is 13.2. The number of benzene rings is 2. The van der Waals surface area contributed by atoms with Gasteiger partial charge in [-0.1, -0.05) is 42.5 Å². The van der Waals surface area contributed by atoms with Crippen LogP contribution in [0, 0.1) is 11.3 Å². The van der Waals surface area contributed by atoms with E-state index in [-0.39, 0.29) is 17.0 Å². The van der Waals surface area contributed by atoms with Gasteiger partial charge in [0, 0.05) is 11.9 Å². The molecule has 0 bridgehead atoms. The third-order valence-electron chi connectivity index (χ3n) is 5.49. The van der Waals surface area contributed by atoms with Gasteiger partial charge in [0.1, 0.15) is 17.4 Å². The number of pyridine rings is 1. The monoisotopic (exact) mass is 355 g/mol. The molecule has 3 aromatic rings. The number of aromatic nitrogens is 1. The van der Waals surface area contributed by atoms with Crippen molar-refractivity contribution in [3.8, 4) is 11.8 Å². The van der Waals surface area contributed by atoms with Gasteiger partial charge in [-0.25, -0.2) is 0 Å². The molecule has 0 radical (unpaired) electrons. The van der Waals surface area contributed by atoms with Crippen LogP contribution in [-0.4, -0.2) is 4.57 Å². The summed E-state index contributed by atoms with van der Waals surface area (Å²) in [6.07, 6.45) is 1.86. The van der Waals surface area contributed by atoms with Gasteiger partial charge in [-0.15, -0.1) is 0 Å². The number of allylic oxidation sites excluding steroid dienone is 1. The molecule has 0 fully saturated rings. The van der Waals surface area contributed by atoms with Gasteiger partial charge in [-0.3, -0.25) is 4.79 Å². The zero-order valence-electron chi connectivity index (χ0n) is 14.6. The molecule has 2 aliphatic heterocycles. The Bertz CT molecular complexity index is 1220. The first-order valence-electron chi connectivity index (χ1n) is 9.01. The molecule has 5 rings (SSSR count). The van der Waals surface area contributed by atoms with Crippen molar-refractivity contribution in [1.29, 1.82) is 5.26 Å². The zero-order valence-corrected chi connectivity index (χ0v) is 14.6. The van der Waals surface area contributed by atoms with Crippen LogP contribution >= 0.6 is 0 Å². The number of aryl methyl sites for hydroxylation is 2. The first kappa shape index (κ1) is 15.7. The van der Waals surface area contributed by atoms with Crippen molar-refractivity contribution in [1.82, 2.24) is 4.57 Å². The normalized spacial score (nSPS) is 18.0. The van der Waals surface area contributed by atoms with Gasteiger partial charge in [-0.05, 0) is 30.0 Å². The van der Waals surface area contributed by atoms with Crippen LogP contribution in [0.15, 0.2) is 64.8 Å². The number of nitriles is 1. The van der Waals surface area contributed by atoms with Crippen LogP contribution in [0.4, 0.5) is 0 Å². The van der Waals surface area contributed by atoms with E-state index in [2.05, 4.69) is 12.1 Å². The molecule has 0 saturated carbocycles. The molecular formula is C22H17N3O2. The van der Waals surface area contributed by atoms with E-state index in [1.807, 2.05) is 47.0 Å². The van der Waals surface area contributed by atoms with E-state index in [0.717, 1.165) is 34.9 Å². The molecule has 132 valence electrons. The summed E-state index contributed by atoms with van der Waals surface area (Å²) in [6.45, 7) is 0.669. The number of rotatable bonds is 1. The molecule has 5 heteroatoms. The van der Waals surface area contributed by atoms with Crippen LogP contribution in [0.25, 0.3) is 10.9 Å². The smallest absolute Gasteiger partial charge is 0.259 e. The zero-order chi connectivity index (χ0) is 18.5. The van der Waals surface area contributed by atoms with Crippen LogP contribution < -0.4 is 16.0 Å². The van der Waals surface area contributed by atoms with Gasteiger partial charge in [-0.2, -0.15) is 5.26 Å². The van der Waals surface area contributed by atoms with Gasteiger partial charge >= 0.3 is 0 Å². The van der Waals surface area contributed by atoms with E-state index in [1.54, 1.807) is 0 Å². The van der Waals surface area contributed by atoms with Crippen LogP contribution in [-0.2, 0) is 13.0 Å². The number of fused-ring (bicyclic) bond motifs is 2. The molecule has 27 heavy (non-hydrogen) atoms. The van der Waals surface area contributed by atoms with Crippen LogP contribution in [0.1, 0.15) is 29.0 Å². The number of hydrogen-bond acceptors (Lipinski definition) is 4. The fourth-order valence-corrected chi connectivity index (χ4v) is 4.34. The highest BCUT2D eigenvalue weighted by Gasteiger charge is 2.36. The molecule has 0 amide bonds. The highest BCUT2D eigenvalue weighted by Crippen LogP contribution is 2.44. The first-order valence-corrected chi connectivity index (χ1v) is 9.01. The van der Waals surface area contributed by atoms with Crippen molar-refractivity contribution in [2.75, 3.05) is 0 Å². The number of para-hydroxylation sites is 1. The fraction of sp³-hybridized carbons (Fsp3) is 0.182. The molecule has 2 N–H and O–H groups in total. The predicted octanol–water partition coefficient (Wildman–Crippen LogP) is 3.17. The fourth-order valence-electron chi connectivity index (χ4n) is 4.34. The van der Waals surface area contributed by atoms with Crippen LogP contribution in [0.2, 0.25) is 0 Å². The van der Waals surface area contributed by atoms with Crippen LogP contribution in [0.3, 0.4) is 0 Å². The molecule has 2 aliphatic rings. The summed E-state index contributed by atoms with van der Waals surface area (Å²) in [5.74, 6) is 0.0336. The Labute approximate surface area is 155 Å². The topological polar surface area (TPSA) is 81.0 Å². The summed E-state index contributed by atoms with van der Waals surface area (Å²) >= 11 is 0. The lowest BCUT2D eigenvalue weighted by atomic mass is 9.83. The lowest BCUT2D eigenvalue weighted by Crippen LogP contribution is -2.33. The molecule has 1 aromatic heterocycles. The van der Waals surface area contributed by atoms with E-state index in [9.17, 15) is 10.1 Å². The summed E-state index contributed by atoms with van der Waals surface area (Å²) in [5, 5.41) is 10.6. The standard InChI is InChI=1S/C22H17N3O2/c23-12-16-17(13-6-2-1-3-7-13)18-20(27-21(16)24)15-10-4-8-14-9-5-11-25(19(14)15)22(18)26/h1-4,6-8,10,17H,5,9,11,24H2. The molecule has 0 spiro atoms. The number of nitrogens with two attached hydrogens (primary N) is 1. The van der Waals surface area contributed by atoms with Crippen molar-refractivity contribution < 1.29 is 4.74 Å². The third-order valence-corrected chi connectivity index (χ3v) is 5.49. The Balaban J connectivity index is 1.93. The van der Waals surface area contributed by atoms with Gasteiger partial charge < -0.3 is 15.0 Å². The minimum absolute atomic E-state index is 0.0692. The summed E-state index contributed by atoms with van der Waals surface area (Å²) in [6, 6.07) is 17.7. The summed E-state index contributed by atoms with van der Waals surface area (Å²) < 4.78 is 7.72. The average molecular weight is 355 g/mol. The second-order valence-electron chi connectivity index (χ2n) is 6.95. The third kappa shape index (κ3) is 2.13. The van der Waals surface area contributed by atoms with Crippen LogP contribution in [0.5, 0.6) is 5.75 Å². The van der Waals surface area contributed by atoms with Crippen molar-refractivity contribution in [2.24, 2.45) is 5.73 Å². The summed E-state index contributed by atoms with van der Waals surface area (Å²) in [7, 11) is 0. The lowest BCUT2D eigenvalue weighted by Gasteiger charge is -2.29. The highest BCUT2D eigenvalue weighted by atomic mass is 16.5. The maximum Gasteiger partial charge on any atom is 0.259 e. The molecule has 3 heterocycles. The molecule has 2 aromatic carbocycles. The Hall–Kier alpha value is -3.52. The Morgan fingerprint density at radius 1 is 1.15 bits per heavy atom. The molecule has 0 saturated heterocycles. The van der Waals surface area contributed by atoms with Crippen molar-refractivity contribution in [2.45, 2.75) is 25.3 Å². The maximum atomic E-state index is 13.5. The van der Waals surface area contributed by atoms with Gasteiger partial charge in [0.25, 0.3) is 5.56 Å². The quantitative estimate of drug-likeness (QED) is 0.727. The molecular weight excluding hydrogens is 338 g/mol. The number of nitrogens with zero attached hydrogens (tertiary/aromatic N) is 2. The largest absolute Gasteiger partial charge is 0.439 e. The summed E-state index contributed by atoms with van der Waals surface area (Å²) in [5.41, 5.74) is 9.73. The minimum atomic E-state index is -0.522. The number of ether oxygens (including phenoxy) is 1. The van der Waals surface area contributed by atoms with Crippen molar-refractivity contribution in [3.63, 3.8) is 0 Å². The molecule has 1 atom stereocenters. The number of hydrogen-bond donors (Lipinski definition) is 1. The molecule has 5 nitrogen and oxygen atoms in total. The van der Waals surface area contributed by atoms with E-state index in [4.69, 9.17) is 10.5 Å². The van der Waals surface area contributed by atoms with E-state index in [0.29, 0.717) is 17.9 Å². The Kier molecular flexibility index (Phi) is 3.34. The maximum absolute atomic E-state index is 13.5. The highest BCUT2D eigenvalue weighted by molar-refractivity contribution is 5.90. The van der Waals surface area contributed by atoms with Crippen molar-refractivity contribution >= 4 is 10.9 Å². The minimum Gasteiger partial charge on any atom is -0.439 e. The second kappa shape index (κ2) is 5.75. The molecule has 1 unspecified atom stereocenters. The van der Waals surface area contributed by atoms with E-state index >= 15 is 0 Å². The second-order valence-corrected chi connectivity index (χ2v) is 6.95. The summed E-state index contributed by atoms with van der Waals surface area (Å²) in [4.78, 5) is 13.5. The van der Waals surface area contributed by atoms with Gasteiger partial charge in [0.2, 0.25) is 5.88 Å². The SMILES string of the molecule is N#CC1=C(N)Oc2c(c(=O)n3c4c(cccc24)CCC3)C1c1ccccc1.